The Kier molecular flexibility index (Phi) is 7.13. The van der Waals surface area contributed by atoms with Crippen LogP contribution in [0, 0.1) is 11.3 Å². The van der Waals surface area contributed by atoms with Crippen molar-refractivity contribution >= 4 is 21.2 Å². The number of nitriles is 1. The fourth-order valence-corrected chi connectivity index (χ4v) is 6.79. The predicted molar refractivity (Wildman–Crippen MR) is 148 cm³/mol. The number of alkyl halides is 3. The molecule has 4 heterocycles. The lowest BCUT2D eigenvalue weighted by Crippen LogP contribution is -2.45. The van der Waals surface area contributed by atoms with Crippen molar-refractivity contribution in [1.29, 1.82) is 5.26 Å². The number of sulfone groups is 1. The highest BCUT2D eigenvalue weighted by Gasteiger charge is 2.45. The van der Waals surface area contributed by atoms with Crippen LogP contribution < -0.4 is 15.8 Å². The van der Waals surface area contributed by atoms with Crippen LogP contribution in [0.3, 0.4) is 0 Å². The lowest BCUT2D eigenvalue weighted by atomic mass is 9.70. The molecule has 1 aromatic carbocycles. The fourth-order valence-electron chi connectivity index (χ4n) is 5.22. The molecule has 0 radical (unpaired) electrons. The van der Waals surface area contributed by atoms with Crippen molar-refractivity contribution in [2.24, 2.45) is 5.73 Å². The number of halogens is 3. The van der Waals surface area contributed by atoms with Crippen molar-refractivity contribution in [1.82, 2.24) is 20.5 Å². The number of ketones is 1. The Morgan fingerprint density at radius 3 is 2.52 bits per heavy atom. The van der Waals surface area contributed by atoms with Crippen LogP contribution in [-0.2, 0) is 26.5 Å². The van der Waals surface area contributed by atoms with Crippen LogP contribution in [0.4, 0.5) is 13.2 Å². The van der Waals surface area contributed by atoms with Crippen LogP contribution in [0.1, 0.15) is 36.6 Å². The maximum Gasteiger partial charge on any atom is 0.573 e. The second-order valence-electron chi connectivity index (χ2n) is 10.6. The van der Waals surface area contributed by atoms with Crippen molar-refractivity contribution in [3.63, 3.8) is 0 Å². The third kappa shape index (κ3) is 5.49. The molecule has 6 rings (SSSR count). The standard InChI is InChI=1S/C29H23F3N6O5S/c30-29(31,32)43-20-6-7-22(35-13-20)17-4-2-16(3-5-17)10-18-11-19(25-37-38-27(42-25)28(15-33)8-1-9-28)12-36-26-23(18)24(39)21(34)14-44(26,40)41/h2-7,11-13,21,36H,1,8-10,14,34H2/t21-/m0/s1. The molecular formula is C29H23F3N6O5S. The highest BCUT2D eigenvalue weighted by molar-refractivity contribution is 7.95. The van der Waals surface area contributed by atoms with E-state index in [4.69, 9.17) is 10.2 Å². The number of carbonyl (C=O) groups excluding carboxylic acids is 1. The minimum absolute atomic E-state index is 0.0416. The molecule has 2 aliphatic heterocycles. The molecule has 2 aromatic heterocycles. The molecule has 0 amide bonds. The second kappa shape index (κ2) is 10.7. The Balaban J connectivity index is 1.33. The Morgan fingerprint density at radius 1 is 1.16 bits per heavy atom. The fraction of sp³-hybridized carbons (Fsp3) is 0.276. The molecule has 15 heteroatoms. The van der Waals surface area contributed by atoms with E-state index in [0.717, 1.165) is 18.7 Å². The molecule has 44 heavy (non-hydrogen) atoms. The molecule has 3 aromatic rings. The molecule has 0 unspecified atom stereocenters. The first-order valence-electron chi connectivity index (χ1n) is 13.4. The number of Topliss-reactive ketones (excluding diaryl/α,β-unsaturated/α-hetero) is 1. The van der Waals surface area contributed by atoms with Crippen LogP contribution in [0.15, 0.2) is 75.5 Å². The predicted octanol–water partition coefficient (Wildman–Crippen LogP) is 3.63. The maximum atomic E-state index is 13.3. The topological polar surface area (TPSA) is 174 Å². The summed E-state index contributed by atoms with van der Waals surface area (Å²) in [5.41, 5.74) is 7.32. The summed E-state index contributed by atoms with van der Waals surface area (Å²) in [6, 6.07) is 10.4. The molecular weight excluding hydrogens is 601 g/mol. The zero-order valence-corrected chi connectivity index (χ0v) is 23.6. The quantitative estimate of drug-likeness (QED) is 0.410. The zero-order chi connectivity index (χ0) is 31.3. The number of rotatable bonds is 6. The number of carbonyl (C=O) groups is 1. The van der Waals surface area contributed by atoms with Crippen LogP contribution in [0.2, 0.25) is 0 Å². The third-order valence-corrected chi connectivity index (χ3v) is 9.39. The summed E-state index contributed by atoms with van der Waals surface area (Å²) >= 11 is 0. The smallest absolute Gasteiger partial charge is 0.419 e. The number of hydrogen-bond donors (Lipinski definition) is 2. The van der Waals surface area contributed by atoms with Gasteiger partial charge in [-0.3, -0.25) is 9.78 Å². The van der Waals surface area contributed by atoms with Gasteiger partial charge in [-0.2, -0.15) is 5.26 Å². The SMILES string of the molecule is N#CC1(c2nnc(C3=CNC4=C(C(=O)[C@@H](N)CS4(=O)=O)C(Cc4ccc(-c5ccc(OC(F)(F)F)cn5)cc4)=C3)o2)CCC1. The van der Waals surface area contributed by atoms with E-state index in [9.17, 15) is 31.6 Å². The Morgan fingerprint density at radius 2 is 1.91 bits per heavy atom. The number of aromatic nitrogens is 3. The summed E-state index contributed by atoms with van der Waals surface area (Å²) in [5, 5.41) is 20.3. The van der Waals surface area contributed by atoms with Gasteiger partial charge >= 0.3 is 6.36 Å². The van der Waals surface area contributed by atoms with Crippen LogP contribution >= 0.6 is 0 Å². The van der Waals surface area contributed by atoms with Crippen molar-refractivity contribution in [3.05, 3.63) is 88.4 Å². The molecule has 3 aliphatic rings. The van der Waals surface area contributed by atoms with Gasteiger partial charge in [-0.1, -0.05) is 24.3 Å². The summed E-state index contributed by atoms with van der Waals surface area (Å²) < 4.78 is 73.4. The number of pyridine rings is 1. The highest BCUT2D eigenvalue weighted by atomic mass is 32.2. The van der Waals surface area contributed by atoms with Gasteiger partial charge in [-0.15, -0.1) is 23.4 Å². The molecule has 1 atom stereocenters. The van der Waals surface area contributed by atoms with Gasteiger partial charge in [0.15, 0.2) is 15.6 Å². The lowest BCUT2D eigenvalue weighted by molar-refractivity contribution is -0.274. The lowest BCUT2D eigenvalue weighted by Gasteiger charge is -2.30. The van der Waals surface area contributed by atoms with Gasteiger partial charge in [0.1, 0.15) is 16.2 Å². The zero-order valence-electron chi connectivity index (χ0n) is 22.8. The van der Waals surface area contributed by atoms with Crippen molar-refractivity contribution in [2.45, 2.75) is 43.5 Å². The van der Waals surface area contributed by atoms with Gasteiger partial charge in [0.25, 0.3) is 0 Å². The van der Waals surface area contributed by atoms with E-state index in [2.05, 4.69) is 31.3 Å². The largest absolute Gasteiger partial charge is 0.573 e. The summed E-state index contributed by atoms with van der Waals surface area (Å²) in [5.74, 6) is -1.34. The first-order valence-corrected chi connectivity index (χ1v) is 15.0. The van der Waals surface area contributed by atoms with Crippen LogP contribution in [-0.4, -0.2) is 47.5 Å². The van der Waals surface area contributed by atoms with Gasteiger partial charge < -0.3 is 20.2 Å². The van der Waals surface area contributed by atoms with E-state index in [1.54, 1.807) is 30.3 Å². The Hall–Kier alpha value is -4.81. The van der Waals surface area contributed by atoms with Crippen LogP contribution in [0.25, 0.3) is 16.8 Å². The third-order valence-electron chi connectivity index (χ3n) is 7.65. The number of hydrogen-bond acceptors (Lipinski definition) is 11. The summed E-state index contributed by atoms with van der Waals surface area (Å²) in [6.45, 7) is 0. The number of nitrogens with zero attached hydrogens (tertiary/aromatic N) is 4. The molecule has 0 saturated heterocycles. The highest BCUT2D eigenvalue weighted by Crippen LogP contribution is 2.43. The van der Waals surface area contributed by atoms with E-state index < -0.39 is 44.9 Å². The van der Waals surface area contributed by atoms with Crippen molar-refractivity contribution < 1.29 is 35.5 Å². The average Bonchev–Trinajstić information content (AvgIpc) is 3.34. The monoisotopic (exact) mass is 624 g/mol. The molecule has 1 saturated carbocycles. The molecule has 226 valence electrons. The van der Waals surface area contributed by atoms with Crippen molar-refractivity contribution in [3.8, 4) is 23.1 Å². The van der Waals surface area contributed by atoms with Gasteiger partial charge in [0.05, 0.1) is 40.9 Å². The summed E-state index contributed by atoms with van der Waals surface area (Å²) in [7, 11) is -3.96. The Bertz CT molecular complexity index is 1880. The summed E-state index contributed by atoms with van der Waals surface area (Å²) in [4.78, 5) is 17.3. The van der Waals surface area contributed by atoms with E-state index in [-0.39, 0.29) is 28.8 Å². The minimum atomic E-state index is -4.83. The Labute approximate surface area is 248 Å². The minimum Gasteiger partial charge on any atom is -0.419 e. The number of benzene rings is 1. The van der Waals surface area contributed by atoms with E-state index >= 15 is 0 Å². The van der Waals surface area contributed by atoms with E-state index in [1.807, 2.05) is 0 Å². The first-order chi connectivity index (χ1) is 20.9. The molecule has 11 nitrogen and oxygen atoms in total. The molecule has 0 spiro atoms. The summed E-state index contributed by atoms with van der Waals surface area (Å²) in [6.07, 6.45) is 1.19. The number of allylic oxidation sites excluding steroid dienone is 3. The van der Waals surface area contributed by atoms with Gasteiger partial charge in [-0.25, -0.2) is 8.42 Å². The van der Waals surface area contributed by atoms with Gasteiger partial charge in [0.2, 0.25) is 11.8 Å². The second-order valence-corrected chi connectivity index (χ2v) is 12.6. The molecule has 3 N–H and O–H groups in total. The number of nitrogens with two attached hydrogens (primary N) is 1. The number of ether oxygens (including phenoxy) is 1. The average molecular weight is 625 g/mol. The maximum absolute atomic E-state index is 13.3. The van der Waals surface area contributed by atoms with Crippen molar-refractivity contribution in [2.75, 3.05) is 5.75 Å². The molecule has 1 aliphatic carbocycles. The molecule has 1 fully saturated rings. The number of nitrogens with one attached hydrogen (secondary N) is 1. The van der Waals surface area contributed by atoms with Crippen LogP contribution in [0.5, 0.6) is 5.75 Å². The van der Waals surface area contributed by atoms with Gasteiger partial charge in [-0.05, 0) is 55.0 Å². The molecule has 0 bridgehead atoms. The van der Waals surface area contributed by atoms with E-state index in [0.29, 0.717) is 40.8 Å². The van der Waals surface area contributed by atoms with E-state index in [1.165, 1.54) is 12.3 Å². The van der Waals surface area contributed by atoms with Gasteiger partial charge in [0, 0.05) is 11.8 Å². The normalized spacial score (nSPS) is 20.7. The first kappa shape index (κ1) is 29.3.